The number of amides is 1. The first kappa shape index (κ1) is 20.8. The molecule has 0 saturated carbocycles. The summed E-state index contributed by atoms with van der Waals surface area (Å²) in [5.74, 6) is -0.825. The Morgan fingerprint density at radius 3 is 2.39 bits per heavy atom. The number of aliphatic hydroxyl groups excluding tert-OH is 1. The Bertz CT molecular complexity index is 1170. The Morgan fingerprint density at radius 2 is 1.81 bits per heavy atom. The lowest BCUT2D eigenvalue weighted by molar-refractivity contribution is -0.117. The molecule has 31 heavy (non-hydrogen) atoms. The average molecular weight is 435 g/mol. The lowest BCUT2D eigenvalue weighted by Gasteiger charge is -2.27. The summed E-state index contributed by atoms with van der Waals surface area (Å²) in [5, 5.41) is 11.6. The number of hydrogen-bond acceptors (Lipinski definition) is 6. The molecule has 1 aliphatic heterocycles. The van der Waals surface area contributed by atoms with E-state index in [9.17, 15) is 14.7 Å². The molecule has 1 amide bonds. The number of rotatable bonds is 6. The number of aliphatic hydroxyl groups is 1. The van der Waals surface area contributed by atoms with E-state index in [1.54, 1.807) is 31.2 Å². The van der Waals surface area contributed by atoms with Gasteiger partial charge < -0.3 is 9.84 Å². The van der Waals surface area contributed by atoms with Gasteiger partial charge in [0.05, 0.1) is 33.8 Å². The van der Waals surface area contributed by atoms with E-state index < -0.39 is 17.7 Å². The molecule has 1 unspecified atom stereocenters. The summed E-state index contributed by atoms with van der Waals surface area (Å²) >= 11 is 1.26. The van der Waals surface area contributed by atoms with Crippen LogP contribution in [0.2, 0.25) is 0 Å². The summed E-state index contributed by atoms with van der Waals surface area (Å²) in [4.78, 5) is 32.9. The SMILES string of the molecule is CCOc1ccc(C2C(C(=O)c3sc(C)nc3C)=C(O)C(=O)N2c2ccccc2)cc1. The second kappa shape index (κ2) is 8.35. The maximum atomic E-state index is 13.5. The summed E-state index contributed by atoms with van der Waals surface area (Å²) in [5.41, 5.74) is 1.94. The number of ether oxygens (including phenoxy) is 1. The van der Waals surface area contributed by atoms with E-state index in [2.05, 4.69) is 4.98 Å². The van der Waals surface area contributed by atoms with Gasteiger partial charge in [0.15, 0.2) is 5.76 Å². The average Bonchev–Trinajstić information content (AvgIpc) is 3.24. The van der Waals surface area contributed by atoms with Crippen LogP contribution in [0.15, 0.2) is 65.9 Å². The fourth-order valence-corrected chi connectivity index (χ4v) is 4.66. The van der Waals surface area contributed by atoms with Crippen LogP contribution in [0.25, 0.3) is 0 Å². The third-order valence-corrected chi connectivity index (χ3v) is 6.18. The lowest BCUT2D eigenvalue weighted by Crippen LogP contribution is -2.31. The minimum absolute atomic E-state index is 0.0600. The molecule has 0 bridgehead atoms. The number of carbonyl (C=O) groups is 2. The number of carbonyl (C=O) groups excluding carboxylic acids is 2. The standard InChI is InChI=1S/C24H22N2O4S/c1-4-30-18-12-10-16(11-13-18)20-19(21(27)23-14(2)25-15(3)31-23)22(28)24(29)26(20)17-8-6-5-7-9-17/h5-13,20,28H,4H2,1-3H3. The zero-order valence-corrected chi connectivity index (χ0v) is 18.3. The summed E-state index contributed by atoms with van der Waals surface area (Å²) in [6, 6.07) is 15.5. The molecule has 6 nitrogen and oxygen atoms in total. The largest absolute Gasteiger partial charge is 0.503 e. The lowest BCUT2D eigenvalue weighted by atomic mass is 9.94. The number of para-hydroxylation sites is 1. The number of hydrogen-bond donors (Lipinski definition) is 1. The van der Waals surface area contributed by atoms with Crippen LogP contribution >= 0.6 is 11.3 Å². The number of benzene rings is 2. The molecule has 1 aromatic heterocycles. The van der Waals surface area contributed by atoms with Crippen molar-refractivity contribution in [2.24, 2.45) is 0 Å². The van der Waals surface area contributed by atoms with E-state index in [0.717, 1.165) is 5.01 Å². The fourth-order valence-electron chi connectivity index (χ4n) is 3.78. The second-order valence-corrected chi connectivity index (χ2v) is 8.36. The Balaban J connectivity index is 1.85. The van der Waals surface area contributed by atoms with Gasteiger partial charge in [-0.05, 0) is 50.6 Å². The van der Waals surface area contributed by atoms with Gasteiger partial charge in [0.25, 0.3) is 5.91 Å². The fraction of sp³-hybridized carbons (Fsp3) is 0.208. The van der Waals surface area contributed by atoms with Crippen molar-refractivity contribution in [3.63, 3.8) is 0 Å². The highest BCUT2D eigenvalue weighted by atomic mass is 32.1. The van der Waals surface area contributed by atoms with Gasteiger partial charge in [-0.15, -0.1) is 11.3 Å². The van der Waals surface area contributed by atoms with Crippen molar-refractivity contribution in [1.29, 1.82) is 0 Å². The normalized spacial score (nSPS) is 16.2. The first-order valence-electron chi connectivity index (χ1n) is 9.95. The van der Waals surface area contributed by atoms with Crippen molar-refractivity contribution in [2.45, 2.75) is 26.8 Å². The van der Waals surface area contributed by atoms with Gasteiger partial charge in [-0.25, -0.2) is 4.98 Å². The van der Waals surface area contributed by atoms with Crippen molar-refractivity contribution in [3.8, 4) is 5.75 Å². The molecule has 1 aliphatic rings. The number of Topliss-reactive ketones (excluding diaryl/α,β-unsaturated/α-hetero) is 1. The summed E-state index contributed by atoms with van der Waals surface area (Å²) in [7, 11) is 0. The van der Waals surface area contributed by atoms with Crippen molar-refractivity contribution in [1.82, 2.24) is 4.98 Å². The number of thiazole rings is 1. The summed E-state index contributed by atoms with van der Waals surface area (Å²) in [6.07, 6.45) is 0. The highest BCUT2D eigenvalue weighted by Gasteiger charge is 2.45. The molecule has 4 rings (SSSR count). The predicted octanol–water partition coefficient (Wildman–Crippen LogP) is 4.94. The van der Waals surface area contributed by atoms with E-state index in [-0.39, 0.29) is 11.4 Å². The maximum Gasteiger partial charge on any atom is 0.294 e. The van der Waals surface area contributed by atoms with Crippen LogP contribution < -0.4 is 9.64 Å². The van der Waals surface area contributed by atoms with Crippen LogP contribution in [-0.4, -0.2) is 28.4 Å². The molecule has 0 aliphatic carbocycles. The van der Waals surface area contributed by atoms with Crippen LogP contribution in [0, 0.1) is 13.8 Å². The number of aromatic nitrogens is 1. The third-order valence-electron chi connectivity index (χ3n) is 5.10. The maximum absolute atomic E-state index is 13.5. The van der Waals surface area contributed by atoms with E-state index in [0.29, 0.717) is 34.2 Å². The summed E-state index contributed by atoms with van der Waals surface area (Å²) < 4.78 is 5.52. The monoisotopic (exact) mass is 434 g/mol. The van der Waals surface area contributed by atoms with E-state index in [1.807, 2.05) is 44.2 Å². The minimum Gasteiger partial charge on any atom is -0.503 e. The summed E-state index contributed by atoms with van der Waals surface area (Å²) in [6.45, 7) is 6.01. The molecule has 1 atom stereocenters. The molecule has 0 spiro atoms. The molecule has 1 N–H and O–H groups in total. The van der Waals surface area contributed by atoms with Crippen LogP contribution in [0.1, 0.15) is 38.9 Å². The highest BCUT2D eigenvalue weighted by molar-refractivity contribution is 7.14. The van der Waals surface area contributed by atoms with Gasteiger partial charge in [0.2, 0.25) is 5.78 Å². The van der Waals surface area contributed by atoms with Crippen LogP contribution in [0.3, 0.4) is 0 Å². The molecular weight excluding hydrogens is 412 g/mol. The number of nitrogens with zero attached hydrogens (tertiary/aromatic N) is 2. The molecule has 158 valence electrons. The van der Waals surface area contributed by atoms with Gasteiger partial charge in [-0.3, -0.25) is 14.5 Å². The van der Waals surface area contributed by atoms with E-state index in [1.165, 1.54) is 16.2 Å². The van der Waals surface area contributed by atoms with Crippen LogP contribution in [0.4, 0.5) is 5.69 Å². The van der Waals surface area contributed by atoms with Gasteiger partial charge in [0, 0.05) is 5.69 Å². The molecular formula is C24H22N2O4S. The Hall–Kier alpha value is -3.45. The highest BCUT2D eigenvalue weighted by Crippen LogP contribution is 2.42. The molecule has 2 heterocycles. The van der Waals surface area contributed by atoms with Gasteiger partial charge >= 0.3 is 0 Å². The van der Waals surface area contributed by atoms with E-state index >= 15 is 0 Å². The van der Waals surface area contributed by atoms with Gasteiger partial charge in [0.1, 0.15) is 5.75 Å². The van der Waals surface area contributed by atoms with Gasteiger partial charge in [-0.1, -0.05) is 30.3 Å². The van der Waals surface area contributed by atoms with Crippen LogP contribution in [0.5, 0.6) is 5.75 Å². The Morgan fingerprint density at radius 1 is 1.13 bits per heavy atom. The molecule has 0 radical (unpaired) electrons. The molecule has 3 aromatic rings. The van der Waals surface area contributed by atoms with Crippen molar-refractivity contribution in [3.05, 3.63) is 87.1 Å². The first-order valence-corrected chi connectivity index (χ1v) is 10.8. The molecule has 0 saturated heterocycles. The smallest absolute Gasteiger partial charge is 0.294 e. The minimum atomic E-state index is -0.764. The van der Waals surface area contributed by atoms with E-state index in [4.69, 9.17) is 4.74 Å². The Kier molecular flexibility index (Phi) is 5.61. The third kappa shape index (κ3) is 3.72. The zero-order valence-electron chi connectivity index (χ0n) is 17.5. The number of aryl methyl sites for hydroxylation is 2. The topological polar surface area (TPSA) is 79.7 Å². The van der Waals surface area contributed by atoms with Crippen molar-refractivity contribution >= 4 is 28.7 Å². The number of ketones is 1. The van der Waals surface area contributed by atoms with Gasteiger partial charge in [-0.2, -0.15) is 0 Å². The first-order chi connectivity index (χ1) is 14.9. The van der Waals surface area contributed by atoms with Crippen molar-refractivity contribution in [2.75, 3.05) is 11.5 Å². The Labute approximate surface area is 184 Å². The quantitative estimate of drug-likeness (QED) is 0.556. The second-order valence-electron chi connectivity index (χ2n) is 7.15. The number of anilines is 1. The zero-order chi connectivity index (χ0) is 22.1. The molecule has 2 aromatic carbocycles. The molecule has 7 heteroatoms. The van der Waals surface area contributed by atoms with Crippen molar-refractivity contribution < 1.29 is 19.4 Å². The van der Waals surface area contributed by atoms with Crippen LogP contribution in [-0.2, 0) is 4.79 Å². The molecule has 0 fully saturated rings. The predicted molar refractivity (Wildman–Crippen MR) is 120 cm³/mol.